The van der Waals surface area contributed by atoms with Gasteiger partial charge in [0.25, 0.3) is 0 Å². The molecule has 6 heteroatoms. The van der Waals surface area contributed by atoms with Crippen molar-refractivity contribution in [2.45, 2.75) is 51.7 Å². The van der Waals surface area contributed by atoms with Crippen molar-refractivity contribution in [2.75, 3.05) is 25.2 Å². The van der Waals surface area contributed by atoms with E-state index >= 15 is 0 Å². The molecule has 5 nitrogen and oxygen atoms in total. The highest BCUT2D eigenvalue weighted by Gasteiger charge is 2.36. The standard InChI is InChI=1S/C15H29N3O2Si/c1-15(2,3)21(5,6)20-9-7-8-11-10-12(19-4)18-14(17)13(11)16/h10H,7-9,16H2,1-6H3,(H2,17,18). The molecule has 0 aliphatic carbocycles. The van der Waals surface area contributed by atoms with Gasteiger partial charge in [-0.2, -0.15) is 4.98 Å². The third-order valence-corrected chi connectivity index (χ3v) is 8.76. The minimum atomic E-state index is -1.68. The van der Waals surface area contributed by atoms with E-state index in [4.69, 9.17) is 20.6 Å². The first-order chi connectivity index (χ1) is 9.58. The molecule has 0 saturated carbocycles. The summed E-state index contributed by atoms with van der Waals surface area (Å²) in [7, 11) is -0.107. The van der Waals surface area contributed by atoms with Crippen molar-refractivity contribution < 1.29 is 9.16 Å². The molecule has 0 saturated heterocycles. The van der Waals surface area contributed by atoms with E-state index in [9.17, 15) is 0 Å². The molecule has 1 aromatic heterocycles. The zero-order valence-electron chi connectivity index (χ0n) is 14.1. The first-order valence-corrected chi connectivity index (χ1v) is 10.2. The van der Waals surface area contributed by atoms with Crippen LogP contribution >= 0.6 is 0 Å². The quantitative estimate of drug-likeness (QED) is 0.622. The van der Waals surface area contributed by atoms with Gasteiger partial charge in [-0.15, -0.1) is 0 Å². The number of nitrogens with zero attached hydrogens (tertiary/aromatic N) is 1. The maximum atomic E-state index is 6.16. The fourth-order valence-corrected chi connectivity index (χ4v) is 2.81. The van der Waals surface area contributed by atoms with Crippen molar-refractivity contribution in [3.05, 3.63) is 11.6 Å². The predicted molar refractivity (Wildman–Crippen MR) is 91.1 cm³/mol. The van der Waals surface area contributed by atoms with Crippen LogP contribution < -0.4 is 16.2 Å². The fraction of sp³-hybridized carbons (Fsp3) is 0.667. The Labute approximate surface area is 129 Å². The molecule has 4 N–H and O–H groups in total. The Balaban J connectivity index is 2.59. The maximum Gasteiger partial charge on any atom is 0.215 e. The normalized spacial score (nSPS) is 12.5. The van der Waals surface area contributed by atoms with Gasteiger partial charge in [0, 0.05) is 12.7 Å². The minimum Gasteiger partial charge on any atom is -0.481 e. The van der Waals surface area contributed by atoms with E-state index in [0.717, 1.165) is 25.0 Å². The number of pyridine rings is 1. The molecule has 1 heterocycles. The number of methoxy groups -OCH3 is 1. The van der Waals surface area contributed by atoms with Crippen LogP contribution in [0.15, 0.2) is 6.07 Å². The summed E-state index contributed by atoms with van der Waals surface area (Å²) in [5.41, 5.74) is 13.3. The molecule has 0 spiro atoms. The number of hydrogen-bond acceptors (Lipinski definition) is 5. The van der Waals surface area contributed by atoms with Crippen LogP contribution in [0.5, 0.6) is 5.88 Å². The van der Waals surface area contributed by atoms with Gasteiger partial charge in [0.05, 0.1) is 12.8 Å². The van der Waals surface area contributed by atoms with Crippen LogP contribution in [0.25, 0.3) is 0 Å². The van der Waals surface area contributed by atoms with Crippen molar-refractivity contribution >= 4 is 19.8 Å². The third kappa shape index (κ3) is 4.61. The van der Waals surface area contributed by atoms with Crippen molar-refractivity contribution in [2.24, 2.45) is 0 Å². The number of nitrogen functional groups attached to an aromatic ring is 2. The van der Waals surface area contributed by atoms with Gasteiger partial charge < -0.3 is 20.6 Å². The molecule has 0 atom stereocenters. The molecule has 1 aromatic rings. The van der Waals surface area contributed by atoms with Crippen LogP contribution in [0.2, 0.25) is 18.1 Å². The highest BCUT2D eigenvalue weighted by molar-refractivity contribution is 6.74. The Hall–Kier alpha value is -1.27. The Bertz CT molecular complexity index is 485. The molecule has 21 heavy (non-hydrogen) atoms. The number of aryl methyl sites for hydroxylation is 1. The second kappa shape index (κ2) is 6.66. The Morgan fingerprint density at radius 1 is 1.24 bits per heavy atom. The summed E-state index contributed by atoms with van der Waals surface area (Å²) in [5, 5.41) is 0.232. The minimum absolute atomic E-state index is 0.232. The molecule has 0 radical (unpaired) electrons. The topological polar surface area (TPSA) is 83.4 Å². The van der Waals surface area contributed by atoms with Crippen molar-refractivity contribution in [3.63, 3.8) is 0 Å². The van der Waals surface area contributed by atoms with E-state index in [1.54, 1.807) is 7.11 Å². The SMILES string of the molecule is COc1cc(CCCO[Si](C)(C)C(C)(C)C)c(N)c(N)n1. The Morgan fingerprint density at radius 3 is 2.38 bits per heavy atom. The van der Waals surface area contributed by atoms with Crippen LogP contribution in [0.1, 0.15) is 32.8 Å². The lowest BCUT2D eigenvalue weighted by Crippen LogP contribution is -2.41. The fourth-order valence-electron chi connectivity index (χ4n) is 1.72. The monoisotopic (exact) mass is 311 g/mol. The summed E-state index contributed by atoms with van der Waals surface area (Å²) in [4.78, 5) is 4.06. The molecule has 0 aromatic carbocycles. The zero-order valence-corrected chi connectivity index (χ0v) is 15.1. The van der Waals surface area contributed by atoms with E-state index in [-0.39, 0.29) is 5.04 Å². The number of rotatable bonds is 6. The third-order valence-electron chi connectivity index (χ3n) is 4.22. The van der Waals surface area contributed by atoms with Crippen LogP contribution in [-0.2, 0) is 10.8 Å². The van der Waals surface area contributed by atoms with Gasteiger partial charge in [-0.1, -0.05) is 20.8 Å². The van der Waals surface area contributed by atoms with Gasteiger partial charge in [-0.05, 0) is 36.5 Å². The van der Waals surface area contributed by atoms with E-state index in [2.05, 4.69) is 38.8 Å². The molecule has 0 aliphatic heterocycles. The number of anilines is 2. The van der Waals surface area contributed by atoms with E-state index < -0.39 is 8.32 Å². The highest BCUT2D eigenvalue weighted by Crippen LogP contribution is 2.36. The smallest absolute Gasteiger partial charge is 0.215 e. The van der Waals surface area contributed by atoms with Gasteiger partial charge in [0.2, 0.25) is 5.88 Å². The number of aromatic nitrogens is 1. The van der Waals surface area contributed by atoms with Crippen LogP contribution in [-0.4, -0.2) is 27.0 Å². The van der Waals surface area contributed by atoms with Crippen LogP contribution in [0.4, 0.5) is 11.5 Å². The van der Waals surface area contributed by atoms with E-state index in [0.29, 0.717) is 17.4 Å². The van der Waals surface area contributed by atoms with Crippen LogP contribution in [0, 0.1) is 0 Å². The summed E-state index contributed by atoms with van der Waals surface area (Å²) < 4.78 is 11.3. The van der Waals surface area contributed by atoms with E-state index in [1.165, 1.54) is 0 Å². The Kier molecular flexibility index (Phi) is 5.64. The second-order valence-corrected chi connectivity index (χ2v) is 11.6. The zero-order chi connectivity index (χ0) is 16.3. The number of ether oxygens (including phenoxy) is 1. The van der Waals surface area contributed by atoms with Gasteiger partial charge in [-0.3, -0.25) is 0 Å². The van der Waals surface area contributed by atoms with Crippen molar-refractivity contribution in [3.8, 4) is 5.88 Å². The second-order valence-electron chi connectivity index (χ2n) is 6.83. The Morgan fingerprint density at radius 2 is 1.86 bits per heavy atom. The molecule has 1 rings (SSSR count). The van der Waals surface area contributed by atoms with Gasteiger partial charge in [-0.25, -0.2) is 0 Å². The number of hydrogen-bond donors (Lipinski definition) is 2. The lowest BCUT2D eigenvalue weighted by Gasteiger charge is -2.36. The highest BCUT2D eigenvalue weighted by atomic mass is 28.4. The van der Waals surface area contributed by atoms with Crippen LogP contribution in [0.3, 0.4) is 0 Å². The summed E-state index contributed by atoms with van der Waals surface area (Å²) in [6.07, 6.45) is 1.72. The molecule has 120 valence electrons. The maximum absolute atomic E-state index is 6.16. The molecular formula is C15H29N3O2Si. The summed E-state index contributed by atoms with van der Waals surface area (Å²) in [6.45, 7) is 12.0. The molecule has 0 bridgehead atoms. The average Bonchev–Trinajstić information content (AvgIpc) is 2.37. The van der Waals surface area contributed by atoms with Gasteiger partial charge in [0.1, 0.15) is 0 Å². The first-order valence-electron chi connectivity index (χ1n) is 7.31. The summed E-state index contributed by atoms with van der Waals surface area (Å²) >= 11 is 0. The predicted octanol–water partition coefficient (Wildman–Crippen LogP) is 3.21. The molecule has 0 fully saturated rings. The average molecular weight is 312 g/mol. The number of nitrogens with two attached hydrogens (primary N) is 2. The van der Waals surface area contributed by atoms with Gasteiger partial charge >= 0.3 is 0 Å². The molecule has 0 aliphatic rings. The first kappa shape index (κ1) is 17.8. The lowest BCUT2D eigenvalue weighted by atomic mass is 10.1. The van der Waals surface area contributed by atoms with Gasteiger partial charge in [0.15, 0.2) is 14.1 Å². The van der Waals surface area contributed by atoms with E-state index in [1.807, 2.05) is 6.07 Å². The molecule has 0 amide bonds. The summed E-state index contributed by atoms with van der Waals surface area (Å²) in [5.74, 6) is 0.830. The van der Waals surface area contributed by atoms with Crippen molar-refractivity contribution in [1.82, 2.24) is 4.98 Å². The molecular weight excluding hydrogens is 282 g/mol. The summed E-state index contributed by atoms with van der Waals surface area (Å²) in [6, 6.07) is 1.85. The molecule has 0 unspecified atom stereocenters. The largest absolute Gasteiger partial charge is 0.481 e. The lowest BCUT2D eigenvalue weighted by molar-refractivity contribution is 0.282. The van der Waals surface area contributed by atoms with Crippen molar-refractivity contribution in [1.29, 1.82) is 0 Å².